The predicted octanol–water partition coefficient (Wildman–Crippen LogP) is 38.6. The van der Waals surface area contributed by atoms with E-state index in [0.29, 0.717) is 29.4 Å². The van der Waals surface area contributed by atoms with Gasteiger partial charge in [0.05, 0.1) is 0 Å². The number of thiophene rings is 1. The highest BCUT2D eigenvalue weighted by molar-refractivity contribution is 7.07. The third-order valence-corrected chi connectivity index (χ3v) is 10.6. The van der Waals surface area contributed by atoms with E-state index < -0.39 is 0 Å². The summed E-state index contributed by atoms with van der Waals surface area (Å²) in [6, 6.07) is 47.9. The molecule has 704 valence electrons. The normalized spacial score (nSPS) is 7.95. The van der Waals surface area contributed by atoms with Crippen LogP contribution in [0.4, 0.5) is 0 Å². The smallest absolute Gasteiger partial charge is 0.250 e. The van der Waals surface area contributed by atoms with Crippen LogP contribution in [0.5, 0.6) is 5.75 Å². The summed E-state index contributed by atoms with van der Waals surface area (Å²) in [5.41, 5.74) is 9.11. The molecule has 3 aromatic carbocycles. The lowest BCUT2D eigenvalue weighted by Crippen LogP contribution is -2.12. The van der Waals surface area contributed by atoms with Crippen molar-refractivity contribution >= 4 is 11.3 Å². The lowest BCUT2D eigenvalue weighted by molar-refractivity contribution is 0.464. The number of nitrogens with zero attached hydrogens (tertiary/aromatic N) is 6. The van der Waals surface area contributed by atoms with Gasteiger partial charge in [0.1, 0.15) is 5.75 Å². The van der Waals surface area contributed by atoms with E-state index in [2.05, 4.69) is 243 Å². The first-order valence-corrected chi connectivity index (χ1v) is 47.8. The second kappa shape index (κ2) is 149. The van der Waals surface area contributed by atoms with Crippen molar-refractivity contribution in [2.45, 2.75) is 398 Å². The Morgan fingerprint density at radius 3 is 0.824 bits per heavy atom. The van der Waals surface area contributed by atoms with Crippen LogP contribution in [0.2, 0.25) is 0 Å². The molecule has 0 atom stereocenters. The van der Waals surface area contributed by atoms with Crippen LogP contribution in [0.1, 0.15) is 416 Å². The maximum absolute atomic E-state index is 10.6. The molecule has 0 saturated carbocycles. The Hall–Kier alpha value is -7.10. The Kier molecular flexibility index (Phi) is 199. The van der Waals surface area contributed by atoms with Crippen LogP contribution in [0.15, 0.2) is 217 Å². The molecule has 9 aromatic rings. The van der Waals surface area contributed by atoms with Crippen LogP contribution < -0.4 is 5.56 Å². The highest BCUT2D eigenvalue weighted by Crippen LogP contribution is 2.25. The molecule has 9 rings (SSSR count). The van der Waals surface area contributed by atoms with Gasteiger partial charge in [-0.25, -0.2) is 0 Å². The molecule has 9 heteroatoms. The average Bonchev–Trinajstić information content (AvgIpc) is 1.35. The number of phenolic OH excluding ortho intramolecular Hbond substituents is 1. The second-order valence-corrected chi connectivity index (χ2v) is 27.3. The summed E-state index contributed by atoms with van der Waals surface area (Å²) in [6.07, 6.45) is 16.6. The summed E-state index contributed by atoms with van der Waals surface area (Å²) in [7, 11) is 5.61. The van der Waals surface area contributed by atoms with Crippen molar-refractivity contribution in [1.82, 2.24) is 28.9 Å². The molecule has 0 fully saturated rings. The quantitative estimate of drug-likeness (QED) is 0.190. The molecule has 8 nitrogen and oxygen atoms in total. The van der Waals surface area contributed by atoms with Crippen LogP contribution >= 0.6 is 11.3 Å². The van der Waals surface area contributed by atoms with Gasteiger partial charge in [-0.1, -0.05) is 461 Å². The van der Waals surface area contributed by atoms with Gasteiger partial charge in [0.2, 0.25) is 5.56 Å². The average molecular weight is 1690 g/mol. The van der Waals surface area contributed by atoms with Crippen molar-refractivity contribution in [1.29, 1.82) is 0 Å². The van der Waals surface area contributed by atoms with Gasteiger partial charge in [-0.05, 0) is 156 Å². The van der Waals surface area contributed by atoms with E-state index in [1.54, 1.807) is 66.2 Å². The molecule has 0 aliphatic carbocycles. The zero-order valence-electron chi connectivity index (χ0n) is 90.9. The highest BCUT2D eigenvalue weighted by atomic mass is 32.1. The fourth-order valence-corrected chi connectivity index (χ4v) is 6.10. The lowest BCUT2D eigenvalue weighted by Gasteiger charge is -2.08. The van der Waals surface area contributed by atoms with Crippen molar-refractivity contribution < 1.29 is 5.11 Å². The summed E-state index contributed by atoms with van der Waals surface area (Å²) >= 11 is 1.71. The molecule has 0 bridgehead atoms. The van der Waals surface area contributed by atoms with E-state index in [1.807, 2.05) is 328 Å². The van der Waals surface area contributed by atoms with E-state index >= 15 is 0 Å². The maximum Gasteiger partial charge on any atom is 0.250 e. The molecule has 119 heavy (non-hydrogen) atoms. The molecule has 0 aliphatic rings. The molecule has 0 aliphatic heterocycles. The van der Waals surface area contributed by atoms with Crippen molar-refractivity contribution in [2.24, 2.45) is 50.7 Å². The summed E-state index contributed by atoms with van der Waals surface area (Å²) < 4.78 is 5.28. The fraction of sp³-hybridized carbons (Fsp3) is 0.600. The number of rotatable bonds is 4. The van der Waals surface area contributed by atoms with E-state index in [4.69, 9.17) is 0 Å². The van der Waals surface area contributed by atoms with Crippen LogP contribution in [0.3, 0.4) is 0 Å². The van der Waals surface area contributed by atoms with Crippen molar-refractivity contribution in [3.8, 4) is 5.75 Å². The van der Waals surface area contributed by atoms with Crippen molar-refractivity contribution in [3.63, 3.8) is 0 Å². The van der Waals surface area contributed by atoms with Crippen LogP contribution in [-0.4, -0.2) is 34.0 Å². The van der Waals surface area contributed by atoms with Crippen molar-refractivity contribution in [2.75, 3.05) is 0 Å². The topological polar surface area (TPSA) is 90.8 Å². The summed E-state index contributed by atoms with van der Waals surface area (Å²) in [5.74, 6) is 6.87. The number of aromatic hydroxyl groups is 1. The van der Waals surface area contributed by atoms with Crippen LogP contribution in [0, 0.1) is 50.4 Å². The summed E-state index contributed by atoms with van der Waals surface area (Å²) in [6.45, 7) is 112. The van der Waals surface area contributed by atoms with Crippen LogP contribution in [-0.2, 0) is 21.1 Å². The standard InChI is InChI=1S/C10H14O.2C10H14.C8H11N.C6H7NO.C5H7N.C5H5N.C4H6N2.C4H4S.5C4H10.14C2H6/c1-7(2)9-6-8(3)4-5-10(9)11;1-8(2)10-6-4-9(3)5-7-10;1-8(2)10-6-4-5-9(3)7-10;1-7(2)8-4-3-5-9-6-8;1-7-5-3-2-4-6(7)8;1-6-4-2-3-5-6;1-2-4-6-5-3-1;1-6-4-2-3-5-6;1-2-4-5-3-1;5*1-4(2)3;14*1-2/h4-7,11H,1-3H3;2*4-8H,1-3H3;3-7H,1-2H3;2-5H,1H3;2-5H,1H3;1-5H;2-4H,1H3;1-4H;5*4H,1-3H3;14*1-2H3. The molecule has 0 amide bonds. The molecule has 6 aromatic heterocycles. The van der Waals surface area contributed by atoms with E-state index in [-0.39, 0.29) is 5.56 Å². The Morgan fingerprint density at radius 2 is 0.630 bits per heavy atom. The Bertz CT molecular complexity index is 2770. The molecular weight excluding hydrogens is 1470 g/mol. The number of phenols is 1. The molecule has 0 unspecified atom stereocenters. The third kappa shape index (κ3) is 178. The summed E-state index contributed by atoms with van der Waals surface area (Å²) in [5, 5.41) is 17.3. The molecule has 0 saturated heterocycles. The second-order valence-electron chi connectivity index (χ2n) is 26.4. The first-order chi connectivity index (χ1) is 56.6. The first kappa shape index (κ1) is 159. The Morgan fingerprint density at radius 1 is 0.294 bits per heavy atom. The van der Waals surface area contributed by atoms with E-state index in [1.165, 1.54) is 44.0 Å². The van der Waals surface area contributed by atoms with Gasteiger partial charge in [-0.3, -0.25) is 19.4 Å². The van der Waals surface area contributed by atoms with Gasteiger partial charge in [0, 0.05) is 83.0 Å². The van der Waals surface area contributed by atoms with Gasteiger partial charge in [0.25, 0.3) is 0 Å². The number of pyridine rings is 3. The minimum Gasteiger partial charge on any atom is -0.508 e. The zero-order chi connectivity index (χ0) is 98.7. The highest BCUT2D eigenvalue weighted by Gasteiger charge is 2.04. The number of aryl methyl sites for hydroxylation is 6. The van der Waals surface area contributed by atoms with Gasteiger partial charge < -0.3 is 14.2 Å². The maximum atomic E-state index is 10.6. The third-order valence-electron chi connectivity index (χ3n) is 10.00. The van der Waals surface area contributed by atoms with Gasteiger partial charge in [-0.2, -0.15) is 16.4 Å². The largest absolute Gasteiger partial charge is 0.508 e. The zero-order valence-corrected chi connectivity index (χ0v) is 91.7. The number of hydrogen-bond acceptors (Lipinski definition) is 6. The fourth-order valence-electron chi connectivity index (χ4n) is 5.65. The van der Waals surface area contributed by atoms with Crippen LogP contribution in [0.25, 0.3) is 0 Å². The molecule has 6 heterocycles. The van der Waals surface area contributed by atoms with Gasteiger partial charge in [0.15, 0.2) is 0 Å². The molecule has 0 spiro atoms. The van der Waals surface area contributed by atoms with E-state index in [9.17, 15) is 9.90 Å². The minimum absolute atomic E-state index is 0.0347. The lowest BCUT2D eigenvalue weighted by atomic mass is 10.0. The molecular formula is C110H216N6O2S. The van der Waals surface area contributed by atoms with Gasteiger partial charge >= 0.3 is 0 Å². The van der Waals surface area contributed by atoms with Crippen molar-refractivity contribution in [3.05, 3.63) is 261 Å². The Labute approximate surface area is 756 Å². The molecule has 1 N–H and O–H groups in total. The monoisotopic (exact) mass is 1690 g/mol. The number of aromatic nitrogens is 6. The molecule has 0 radical (unpaired) electrons. The predicted molar refractivity (Wildman–Crippen MR) is 566 cm³/mol. The SMILES string of the molecule is CC.CC.CC.CC.CC.CC.CC.CC.CC.CC.CC.CC.CC.CC.CC(C)C.CC(C)C.CC(C)C.CC(C)C.CC(C)C.CC(C)c1cccnc1.Cc1ccc(C(C)C)cc1.Cc1ccc(O)c(C(C)C)c1.Cc1cccc(C(C)C)c1.Cn1cccc1.Cn1ccccc1=O.Cn1cccn1.c1ccncc1.c1ccsc1. The Balaban J connectivity index is -0.0000000525. The number of benzene rings is 3. The van der Waals surface area contributed by atoms with E-state index in [0.717, 1.165) is 35.2 Å². The summed E-state index contributed by atoms with van der Waals surface area (Å²) in [4.78, 5) is 18.4. The minimum atomic E-state index is 0.0347. The number of hydrogen-bond donors (Lipinski definition) is 1. The van der Waals surface area contributed by atoms with Gasteiger partial charge in [-0.15, -0.1) is 0 Å². The first-order valence-electron chi connectivity index (χ1n) is 46.8.